The van der Waals surface area contributed by atoms with Gasteiger partial charge in [0.15, 0.2) is 0 Å². The summed E-state index contributed by atoms with van der Waals surface area (Å²) in [5.41, 5.74) is 0. The zero-order valence-corrected chi connectivity index (χ0v) is 9.27. The Hall–Kier alpha value is -0.660. The van der Waals surface area contributed by atoms with Gasteiger partial charge in [-0.15, -0.1) is 11.8 Å². The van der Waals surface area contributed by atoms with Crippen LogP contribution in [0.1, 0.15) is 13.3 Å². The van der Waals surface area contributed by atoms with Gasteiger partial charge in [-0.25, -0.2) is 5.06 Å². The van der Waals surface area contributed by atoms with Crippen LogP contribution >= 0.6 is 11.8 Å². The van der Waals surface area contributed by atoms with Gasteiger partial charge in [-0.2, -0.15) is 11.8 Å². The molecule has 4 heteroatoms. The number of hydrogen-bond acceptors (Lipinski definition) is 3. The molecule has 13 heavy (non-hydrogen) atoms. The smallest absolute Gasteiger partial charge is 0.259 e. The minimum absolute atomic E-state index is 0.0437. The Kier molecular flexibility index (Phi) is 6.47. The fraction of sp³-hybridized carbons (Fsp3) is 0.667. The normalized spacial score (nSPS) is 11.4. The van der Waals surface area contributed by atoms with E-state index in [-0.39, 0.29) is 11.2 Å². The van der Waals surface area contributed by atoms with Gasteiger partial charge in [0.05, 0.1) is 12.4 Å². The summed E-state index contributed by atoms with van der Waals surface area (Å²) in [4.78, 5) is 16.3. The second kappa shape index (κ2) is 6.81. The molecule has 0 aliphatic carbocycles. The molecule has 0 bridgehead atoms. The first kappa shape index (κ1) is 12.3. The molecule has 3 nitrogen and oxygen atoms in total. The standard InChI is InChI=1S/C9H15NO2S/c1-5-6-7-8(13-4)9(11)10(2)12-3/h8H,7H2,1-4H3. The zero-order valence-electron chi connectivity index (χ0n) is 8.46. The van der Waals surface area contributed by atoms with Crippen LogP contribution in [0.2, 0.25) is 0 Å². The third-order valence-corrected chi connectivity index (χ3v) is 2.55. The lowest BCUT2D eigenvalue weighted by molar-refractivity contribution is -0.167. The van der Waals surface area contributed by atoms with Gasteiger partial charge in [-0.05, 0) is 13.2 Å². The molecule has 0 saturated heterocycles. The SMILES string of the molecule is CC#CCC(SC)C(=O)N(C)OC. The van der Waals surface area contributed by atoms with Crippen LogP contribution in [0.3, 0.4) is 0 Å². The number of amides is 1. The van der Waals surface area contributed by atoms with Crippen LogP contribution in [-0.2, 0) is 9.63 Å². The summed E-state index contributed by atoms with van der Waals surface area (Å²) in [5, 5.41) is 1.11. The lowest BCUT2D eigenvalue weighted by Crippen LogP contribution is -2.33. The summed E-state index contributed by atoms with van der Waals surface area (Å²) < 4.78 is 0. The second-order valence-electron chi connectivity index (χ2n) is 2.37. The Morgan fingerprint density at radius 3 is 2.69 bits per heavy atom. The number of carbonyl (C=O) groups excluding carboxylic acids is 1. The Morgan fingerprint density at radius 1 is 1.69 bits per heavy atom. The summed E-state index contributed by atoms with van der Waals surface area (Å²) in [6.07, 6.45) is 2.47. The van der Waals surface area contributed by atoms with E-state index in [1.165, 1.54) is 23.9 Å². The number of hydrogen-bond donors (Lipinski definition) is 0. The predicted octanol–water partition coefficient (Wildman–Crippen LogP) is 1.15. The van der Waals surface area contributed by atoms with Crippen LogP contribution in [0.25, 0.3) is 0 Å². The van der Waals surface area contributed by atoms with Crippen LogP contribution in [0.15, 0.2) is 0 Å². The predicted molar refractivity (Wildman–Crippen MR) is 55.1 cm³/mol. The van der Waals surface area contributed by atoms with Crippen LogP contribution in [0.4, 0.5) is 0 Å². The Balaban J connectivity index is 4.19. The molecular formula is C9H15NO2S. The highest BCUT2D eigenvalue weighted by atomic mass is 32.2. The van der Waals surface area contributed by atoms with Crippen LogP contribution in [-0.4, -0.2) is 36.6 Å². The topological polar surface area (TPSA) is 29.5 Å². The van der Waals surface area contributed by atoms with Gasteiger partial charge >= 0.3 is 0 Å². The third-order valence-electron chi connectivity index (χ3n) is 1.61. The van der Waals surface area contributed by atoms with E-state index < -0.39 is 0 Å². The molecule has 0 aliphatic rings. The molecule has 74 valence electrons. The molecule has 1 amide bonds. The molecule has 1 unspecified atom stereocenters. The lowest BCUT2D eigenvalue weighted by Gasteiger charge is -2.18. The van der Waals surface area contributed by atoms with E-state index in [0.717, 1.165) is 0 Å². The van der Waals surface area contributed by atoms with Crippen molar-refractivity contribution in [3.63, 3.8) is 0 Å². The van der Waals surface area contributed by atoms with Crippen molar-refractivity contribution in [2.45, 2.75) is 18.6 Å². The monoisotopic (exact) mass is 201 g/mol. The summed E-state index contributed by atoms with van der Waals surface area (Å²) >= 11 is 1.49. The first-order valence-electron chi connectivity index (χ1n) is 3.91. The number of hydroxylamine groups is 2. The fourth-order valence-corrected chi connectivity index (χ4v) is 1.36. The highest BCUT2D eigenvalue weighted by Gasteiger charge is 2.19. The zero-order chi connectivity index (χ0) is 10.3. The maximum atomic E-state index is 11.5. The summed E-state index contributed by atoms with van der Waals surface area (Å²) in [5.74, 6) is 5.61. The molecule has 0 fully saturated rings. The molecule has 0 saturated carbocycles. The van der Waals surface area contributed by atoms with E-state index in [2.05, 4.69) is 11.8 Å². The van der Waals surface area contributed by atoms with Crippen molar-refractivity contribution in [3.05, 3.63) is 0 Å². The molecular weight excluding hydrogens is 186 g/mol. The molecule has 0 rings (SSSR count). The molecule has 1 atom stereocenters. The first-order valence-corrected chi connectivity index (χ1v) is 5.20. The average molecular weight is 201 g/mol. The van der Waals surface area contributed by atoms with Crippen molar-refractivity contribution >= 4 is 17.7 Å². The number of nitrogens with zero attached hydrogens (tertiary/aromatic N) is 1. The number of thioether (sulfide) groups is 1. The van der Waals surface area contributed by atoms with E-state index in [9.17, 15) is 4.79 Å². The van der Waals surface area contributed by atoms with Crippen LogP contribution < -0.4 is 0 Å². The van der Waals surface area contributed by atoms with Crippen molar-refractivity contribution in [1.29, 1.82) is 0 Å². The quantitative estimate of drug-likeness (QED) is 0.505. The summed E-state index contributed by atoms with van der Waals surface area (Å²) in [6.45, 7) is 1.77. The Bertz CT molecular complexity index is 219. The highest BCUT2D eigenvalue weighted by Crippen LogP contribution is 2.12. The van der Waals surface area contributed by atoms with E-state index in [0.29, 0.717) is 6.42 Å². The van der Waals surface area contributed by atoms with Gasteiger partial charge in [0.1, 0.15) is 0 Å². The highest BCUT2D eigenvalue weighted by molar-refractivity contribution is 7.99. The van der Waals surface area contributed by atoms with Gasteiger partial charge in [-0.1, -0.05) is 0 Å². The minimum Gasteiger partial charge on any atom is -0.275 e. The van der Waals surface area contributed by atoms with E-state index in [1.807, 2.05) is 6.26 Å². The summed E-state index contributed by atoms with van der Waals surface area (Å²) in [7, 11) is 3.08. The number of carbonyl (C=O) groups is 1. The molecule has 0 heterocycles. The Labute approximate surface area is 83.8 Å². The number of rotatable bonds is 4. The molecule has 0 aromatic heterocycles. The van der Waals surface area contributed by atoms with E-state index >= 15 is 0 Å². The van der Waals surface area contributed by atoms with Crippen molar-refractivity contribution < 1.29 is 9.63 Å². The average Bonchev–Trinajstić information content (AvgIpc) is 2.17. The Morgan fingerprint density at radius 2 is 2.31 bits per heavy atom. The van der Waals surface area contributed by atoms with Gasteiger partial charge < -0.3 is 0 Å². The van der Waals surface area contributed by atoms with Crippen LogP contribution in [0, 0.1) is 11.8 Å². The largest absolute Gasteiger partial charge is 0.275 e. The molecule has 0 aromatic rings. The van der Waals surface area contributed by atoms with Crippen molar-refractivity contribution in [1.82, 2.24) is 5.06 Å². The molecule has 0 radical (unpaired) electrons. The van der Waals surface area contributed by atoms with Gasteiger partial charge in [0.25, 0.3) is 5.91 Å². The lowest BCUT2D eigenvalue weighted by atomic mass is 10.3. The van der Waals surface area contributed by atoms with Gasteiger partial charge in [0, 0.05) is 13.5 Å². The van der Waals surface area contributed by atoms with Gasteiger partial charge in [0.2, 0.25) is 0 Å². The van der Waals surface area contributed by atoms with Crippen molar-refractivity contribution in [3.8, 4) is 11.8 Å². The third kappa shape index (κ3) is 4.20. The van der Waals surface area contributed by atoms with Gasteiger partial charge in [-0.3, -0.25) is 9.63 Å². The maximum Gasteiger partial charge on any atom is 0.259 e. The molecule has 0 N–H and O–H groups in total. The second-order valence-corrected chi connectivity index (χ2v) is 3.41. The fourth-order valence-electron chi connectivity index (χ4n) is 0.759. The van der Waals surface area contributed by atoms with Crippen molar-refractivity contribution in [2.24, 2.45) is 0 Å². The maximum absolute atomic E-state index is 11.5. The van der Waals surface area contributed by atoms with Crippen molar-refractivity contribution in [2.75, 3.05) is 20.4 Å². The van der Waals surface area contributed by atoms with Crippen LogP contribution in [0.5, 0.6) is 0 Å². The van der Waals surface area contributed by atoms with E-state index in [4.69, 9.17) is 4.84 Å². The summed E-state index contributed by atoms with van der Waals surface area (Å²) in [6, 6.07) is 0. The molecule has 0 aliphatic heterocycles. The van der Waals surface area contributed by atoms with E-state index in [1.54, 1.807) is 14.0 Å². The minimum atomic E-state index is -0.127. The molecule has 0 spiro atoms. The molecule has 0 aromatic carbocycles. The first-order chi connectivity index (χ1) is 6.17.